The van der Waals surface area contributed by atoms with E-state index in [4.69, 9.17) is 14.9 Å². The molecule has 18 heavy (non-hydrogen) atoms. The van der Waals surface area contributed by atoms with E-state index in [0.29, 0.717) is 12.1 Å². The second-order valence-electron chi connectivity index (χ2n) is 5.46. The Kier molecular flexibility index (Phi) is 3.41. The van der Waals surface area contributed by atoms with Crippen LogP contribution in [0, 0.1) is 0 Å². The summed E-state index contributed by atoms with van der Waals surface area (Å²) < 4.78 is 11.5. The standard InChI is InChI=1S/C14H22N2O2/c1-10(15)14(13-6-3-8-17-13)16-7-9-18-12-5-2-4-11(12)16/h3,6,8,10-12,14H,2,4-5,7,9,15H2,1H3. The molecule has 4 unspecified atom stereocenters. The summed E-state index contributed by atoms with van der Waals surface area (Å²) in [6, 6.07) is 4.73. The van der Waals surface area contributed by atoms with Gasteiger partial charge in [0, 0.05) is 18.6 Å². The molecule has 2 aliphatic rings. The van der Waals surface area contributed by atoms with Crippen LogP contribution in [0.3, 0.4) is 0 Å². The monoisotopic (exact) mass is 250 g/mol. The van der Waals surface area contributed by atoms with Gasteiger partial charge in [-0.15, -0.1) is 0 Å². The molecular weight excluding hydrogens is 228 g/mol. The molecule has 0 amide bonds. The second kappa shape index (κ2) is 5.03. The molecule has 2 heterocycles. The van der Waals surface area contributed by atoms with Crippen molar-refractivity contribution in [2.24, 2.45) is 5.73 Å². The van der Waals surface area contributed by atoms with E-state index in [2.05, 4.69) is 11.8 Å². The third kappa shape index (κ3) is 2.09. The summed E-state index contributed by atoms with van der Waals surface area (Å²) in [5, 5.41) is 0. The number of rotatable bonds is 3. The summed E-state index contributed by atoms with van der Waals surface area (Å²) in [6.07, 6.45) is 5.79. The molecule has 1 aromatic heterocycles. The highest BCUT2D eigenvalue weighted by atomic mass is 16.5. The molecule has 100 valence electrons. The summed E-state index contributed by atoms with van der Waals surface area (Å²) in [5.41, 5.74) is 6.20. The van der Waals surface area contributed by atoms with Gasteiger partial charge in [-0.1, -0.05) is 0 Å². The fourth-order valence-electron chi connectivity index (χ4n) is 3.49. The molecule has 0 bridgehead atoms. The van der Waals surface area contributed by atoms with Crippen molar-refractivity contribution in [2.45, 2.75) is 50.4 Å². The number of nitrogens with zero attached hydrogens (tertiary/aromatic N) is 1. The zero-order valence-corrected chi connectivity index (χ0v) is 10.9. The molecule has 0 radical (unpaired) electrons. The zero-order chi connectivity index (χ0) is 12.5. The normalized spacial score (nSPS) is 32.1. The van der Waals surface area contributed by atoms with E-state index in [0.717, 1.165) is 18.9 Å². The van der Waals surface area contributed by atoms with E-state index < -0.39 is 0 Å². The van der Waals surface area contributed by atoms with Gasteiger partial charge in [0.15, 0.2) is 0 Å². The van der Waals surface area contributed by atoms with Crippen molar-refractivity contribution in [3.05, 3.63) is 24.2 Å². The van der Waals surface area contributed by atoms with Gasteiger partial charge in [-0.3, -0.25) is 4.90 Å². The molecule has 0 aromatic carbocycles. The van der Waals surface area contributed by atoms with E-state index in [1.54, 1.807) is 6.26 Å². The molecule has 1 aromatic rings. The number of nitrogens with two attached hydrogens (primary N) is 1. The highest BCUT2D eigenvalue weighted by molar-refractivity contribution is 5.09. The van der Waals surface area contributed by atoms with Gasteiger partial charge in [-0.05, 0) is 38.3 Å². The lowest BCUT2D eigenvalue weighted by Gasteiger charge is -2.43. The number of morpholine rings is 1. The Bertz CT molecular complexity index is 377. The van der Waals surface area contributed by atoms with Crippen molar-refractivity contribution in [1.82, 2.24) is 4.90 Å². The molecule has 3 rings (SSSR count). The summed E-state index contributed by atoms with van der Waals surface area (Å²) in [6.45, 7) is 3.83. The molecule has 4 atom stereocenters. The Labute approximate surface area is 108 Å². The lowest BCUT2D eigenvalue weighted by atomic mass is 10.0. The number of furan rings is 1. The molecule has 4 heteroatoms. The third-order valence-corrected chi connectivity index (χ3v) is 4.22. The summed E-state index contributed by atoms with van der Waals surface area (Å²) in [4.78, 5) is 2.50. The average molecular weight is 250 g/mol. The predicted molar refractivity (Wildman–Crippen MR) is 69.2 cm³/mol. The van der Waals surface area contributed by atoms with E-state index in [1.165, 1.54) is 19.3 Å². The van der Waals surface area contributed by atoms with Gasteiger partial charge in [-0.25, -0.2) is 0 Å². The fourth-order valence-corrected chi connectivity index (χ4v) is 3.49. The molecule has 1 aliphatic heterocycles. The first-order valence-electron chi connectivity index (χ1n) is 6.93. The van der Waals surface area contributed by atoms with E-state index in [9.17, 15) is 0 Å². The Morgan fingerprint density at radius 3 is 3.06 bits per heavy atom. The Hall–Kier alpha value is -0.840. The topological polar surface area (TPSA) is 51.6 Å². The smallest absolute Gasteiger partial charge is 0.122 e. The van der Waals surface area contributed by atoms with Gasteiger partial charge in [0.2, 0.25) is 0 Å². The van der Waals surface area contributed by atoms with Crippen molar-refractivity contribution in [3.8, 4) is 0 Å². The van der Waals surface area contributed by atoms with Crippen molar-refractivity contribution in [3.63, 3.8) is 0 Å². The van der Waals surface area contributed by atoms with Crippen LogP contribution in [-0.4, -0.2) is 36.2 Å². The molecule has 1 saturated heterocycles. The fraction of sp³-hybridized carbons (Fsp3) is 0.714. The summed E-state index contributed by atoms with van der Waals surface area (Å²) in [5.74, 6) is 0.984. The van der Waals surface area contributed by atoms with Crippen molar-refractivity contribution in [2.75, 3.05) is 13.2 Å². The zero-order valence-electron chi connectivity index (χ0n) is 10.9. The molecule has 1 aliphatic carbocycles. The number of hydrogen-bond acceptors (Lipinski definition) is 4. The van der Waals surface area contributed by atoms with Gasteiger partial charge in [0.1, 0.15) is 5.76 Å². The molecule has 4 nitrogen and oxygen atoms in total. The molecule has 0 spiro atoms. The minimum absolute atomic E-state index is 0.0653. The van der Waals surface area contributed by atoms with Crippen molar-refractivity contribution in [1.29, 1.82) is 0 Å². The molecule has 1 saturated carbocycles. The first kappa shape index (κ1) is 12.2. The number of hydrogen-bond donors (Lipinski definition) is 1. The van der Waals surface area contributed by atoms with Crippen LogP contribution >= 0.6 is 0 Å². The second-order valence-corrected chi connectivity index (χ2v) is 5.46. The van der Waals surface area contributed by atoms with Crippen LogP contribution in [0.15, 0.2) is 22.8 Å². The maximum atomic E-state index is 6.20. The Balaban J connectivity index is 1.85. The van der Waals surface area contributed by atoms with Crippen LogP contribution in [0.25, 0.3) is 0 Å². The number of ether oxygens (including phenoxy) is 1. The number of fused-ring (bicyclic) bond motifs is 1. The SMILES string of the molecule is CC(N)C(c1ccco1)N1CCOC2CCCC21. The van der Waals surface area contributed by atoms with Gasteiger partial charge in [0.05, 0.1) is 25.0 Å². The van der Waals surface area contributed by atoms with E-state index in [-0.39, 0.29) is 12.1 Å². The predicted octanol–water partition coefficient (Wildman–Crippen LogP) is 1.92. The van der Waals surface area contributed by atoms with E-state index >= 15 is 0 Å². The quantitative estimate of drug-likeness (QED) is 0.890. The minimum Gasteiger partial charge on any atom is -0.468 e. The maximum Gasteiger partial charge on any atom is 0.122 e. The van der Waals surface area contributed by atoms with Gasteiger partial charge >= 0.3 is 0 Å². The van der Waals surface area contributed by atoms with Crippen LogP contribution in [0.2, 0.25) is 0 Å². The first-order chi connectivity index (χ1) is 8.77. The van der Waals surface area contributed by atoms with Crippen LogP contribution in [0.4, 0.5) is 0 Å². The Morgan fingerprint density at radius 1 is 1.44 bits per heavy atom. The van der Waals surface area contributed by atoms with Crippen molar-refractivity contribution >= 4 is 0 Å². The summed E-state index contributed by atoms with van der Waals surface area (Å²) >= 11 is 0. The average Bonchev–Trinajstić information content (AvgIpc) is 2.98. The molecule has 2 fully saturated rings. The van der Waals surface area contributed by atoms with Gasteiger partial charge < -0.3 is 14.9 Å². The van der Waals surface area contributed by atoms with Crippen LogP contribution in [0.5, 0.6) is 0 Å². The highest BCUT2D eigenvalue weighted by Gasteiger charge is 2.41. The molecule has 2 N–H and O–H groups in total. The largest absolute Gasteiger partial charge is 0.468 e. The van der Waals surface area contributed by atoms with E-state index in [1.807, 2.05) is 12.1 Å². The van der Waals surface area contributed by atoms with Crippen LogP contribution in [-0.2, 0) is 4.74 Å². The van der Waals surface area contributed by atoms with Crippen molar-refractivity contribution < 1.29 is 9.15 Å². The lowest BCUT2D eigenvalue weighted by Crippen LogP contribution is -2.53. The third-order valence-electron chi connectivity index (χ3n) is 4.22. The molecular formula is C14H22N2O2. The first-order valence-corrected chi connectivity index (χ1v) is 6.93. The maximum absolute atomic E-state index is 6.20. The van der Waals surface area contributed by atoms with Gasteiger partial charge in [-0.2, -0.15) is 0 Å². The van der Waals surface area contributed by atoms with Crippen LogP contribution < -0.4 is 5.73 Å². The minimum atomic E-state index is 0.0653. The Morgan fingerprint density at radius 2 is 2.33 bits per heavy atom. The van der Waals surface area contributed by atoms with Crippen LogP contribution in [0.1, 0.15) is 38.0 Å². The lowest BCUT2D eigenvalue weighted by molar-refractivity contribution is -0.0782. The highest BCUT2D eigenvalue weighted by Crippen LogP contribution is 2.36. The van der Waals surface area contributed by atoms with Gasteiger partial charge in [0.25, 0.3) is 0 Å². The summed E-state index contributed by atoms with van der Waals surface area (Å²) in [7, 11) is 0.